The summed E-state index contributed by atoms with van der Waals surface area (Å²) in [5, 5.41) is 2.76. The number of rotatable bonds is 4. The maximum absolute atomic E-state index is 5.42. The summed E-state index contributed by atoms with van der Waals surface area (Å²) in [4.78, 5) is 0. The van der Waals surface area contributed by atoms with E-state index < -0.39 is 0 Å². The van der Waals surface area contributed by atoms with Crippen molar-refractivity contribution in [3.63, 3.8) is 0 Å². The second-order valence-corrected chi connectivity index (χ2v) is 4.98. The highest BCUT2D eigenvalue weighted by Gasteiger charge is 2.51. The zero-order valence-electron chi connectivity index (χ0n) is 10.3. The molecule has 0 spiro atoms. The zero-order chi connectivity index (χ0) is 11.7. The number of hydrogen-bond donors (Lipinski definition) is 1. The Labute approximate surface area is 98.4 Å². The molecular formula is C11H20BN2O2+. The Balaban J connectivity index is 2.08. The van der Waals surface area contributed by atoms with E-state index in [0.29, 0.717) is 17.9 Å². The van der Waals surface area contributed by atoms with E-state index in [4.69, 9.17) is 17.5 Å². The molecule has 2 radical (unpaired) electrons. The molecule has 0 aromatic carbocycles. The minimum atomic E-state index is -0.119. The van der Waals surface area contributed by atoms with E-state index in [1.807, 2.05) is 0 Å². The van der Waals surface area contributed by atoms with Crippen LogP contribution >= 0.6 is 0 Å². The molecule has 2 saturated heterocycles. The highest BCUT2D eigenvalue weighted by atomic mass is 16.8. The average Bonchev–Trinajstić information content (AvgIpc) is 2.92. The number of hydrogen-bond acceptors (Lipinski definition) is 3. The van der Waals surface area contributed by atoms with E-state index in [1.165, 1.54) is 6.42 Å². The van der Waals surface area contributed by atoms with Gasteiger partial charge in [0.1, 0.15) is 6.54 Å². The van der Waals surface area contributed by atoms with Gasteiger partial charge in [0, 0.05) is 26.0 Å². The van der Waals surface area contributed by atoms with Gasteiger partial charge in [-0.2, -0.15) is 4.58 Å². The molecule has 16 heavy (non-hydrogen) atoms. The molecule has 0 saturated carbocycles. The Morgan fingerprint density at radius 1 is 1.62 bits per heavy atom. The summed E-state index contributed by atoms with van der Waals surface area (Å²) >= 11 is 0. The van der Waals surface area contributed by atoms with Crippen LogP contribution in [0.2, 0.25) is 0 Å². The molecule has 2 heterocycles. The highest BCUT2D eigenvalue weighted by molar-refractivity contribution is 6.04. The van der Waals surface area contributed by atoms with Crippen LogP contribution in [-0.4, -0.2) is 51.0 Å². The fraction of sp³-hybridized carbons (Fsp3) is 0.909. The summed E-state index contributed by atoms with van der Waals surface area (Å²) in [6.07, 6.45) is 1.05. The van der Waals surface area contributed by atoms with Crippen molar-refractivity contribution in [3.8, 4) is 0 Å². The molecule has 2 aliphatic rings. The van der Waals surface area contributed by atoms with Gasteiger partial charge in [0.2, 0.25) is 0 Å². The molecule has 5 heteroatoms. The SMILES string of the molecule is [B]NCC1CC(C(C)C)C[N+]1=C1OC1OC. The second-order valence-electron chi connectivity index (χ2n) is 4.98. The van der Waals surface area contributed by atoms with Crippen molar-refractivity contribution >= 4 is 13.9 Å². The van der Waals surface area contributed by atoms with Gasteiger partial charge in [-0.3, -0.25) is 0 Å². The molecule has 3 atom stereocenters. The molecule has 3 unspecified atom stereocenters. The monoisotopic (exact) mass is 223 g/mol. The van der Waals surface area contributed by atoms with E-state index in [-0.39, 0.29) is 6.29 Å². The van der Waals surface area contributed by atoms with Gasteiger partial charge in [0.25, 0.3) is 0 Å². The maximum atomic E-state index is 5.42. The van der Waals surface area contributed by atoms with Crippen molar-refractivity contribution in [3.05, 3.63) is 0 Å². The first kappa shape index (κ1) is 11.9. The van der Waals surface area contributed by atoms with Crippen LogP contribution in [0.4, 0.5) is 0 Å². The maximum Gasteiger partial charge on any atom is 0.411 e. The van der Waals surface area contributed by atoms with E-state index in [1.54, 1.807) is 7.11 Å². The standard InChI is InChI=1S/C11H20BN2O2/c1-7(2)8-4-9(5-13-12)14(6-8)10-11(15-3)16-10/h7-9,11,13H,4-6H2,1-3H3/q+1. The van der Waals surface area contributed by atoms with Gasteiger partial charge in [0.05, 0.1) is 0 Å². The molecule has 1 N–H and O–H groups in total. The smallest absolute Gasteiger partial charge is 0.398 e. The van der Waals surface area contributed by atoms with Gasteiger partial charge in [-0.05, 0) is 5.92 Å². The first-order valence-corrected chi connectivity index (χ1v) is 5.93. The quantitative estimate of drug-likeness (QED) is 0.417. The molecule has 2 rings (SSSR count). The van der Waals surface area contributed by atoms with Crippen molar-refractivity contribution in [1.82, 2.24) is 5.23 Å². The predicted molar refractivity (Wildman–Crippen MR) is 62.5 cm³/mol. The lowest BCUT2D eigenvalue weighted by molar-refractivity contribution is -0.545. The van der Waals surface area contributed by atoms with Gasteiger partial charge in [-0.15, -0.1) is 0 Å². The van der Waals surface area contributed by atoms with Gasteiger partial charge in [-0.1, -0.05) is 13.8 Å². The number of nitrogens with zero attached hydrogens (tertiary/aromatic N) is 1. The van der Waals surface area contributed by atoms with Crippen molar-refractivity contribution in [2.24, 2.45) is 11.8 Å². The highest BCUT2D eigenvalue weighted by Crippen LogP contribution is 2.29. The fourth-order valence-electron chi connectivity index (χ4n) is 2.46. The average molecular weight is 223 g/mol. The normalized spacial score (nSPS) is 37.9. The van der Waals surface area contributed by atoms with Crippen LogP contribution in [0.15, 0.2) is 0 Å². The Kier molecular flexibility index (Phi) is 3.55. The second kappa shape index (κ2) is 4.76. The van der Waals surface area contributed by atoms with Gasteiger partial charge in [0.15, 0.2) is 14.0 Å². The lowest BCUT2D eigenvalue weighted by atomic mass is 9.93. The van der Waals surface area contributed by atoms with Crippen LogP contribution < -0.4 is 5.23 Å². The van der Waals surface area contributed by atoms with Crippen LogP contribution in [0.3, 0.4) is 0 Å². The van der Waals surface area contributed by atoms with E-state index in [9.17, 15) is 0 Å². The van der Waals surface area contributed by atoms with E-state index >= 15 is 0 Å². The molecule has 88 valence electrons. The first-order chi connectivity index (χ1) is 7.67. The summed E-state index contributed by atoms with van der Waals surface area (Å²) in [7, 11) is 7.09. The Bertz CT molecular complexity index is 294. The molecule has 0 aromatic rings. The fourth-order valence-corrected chi connectivity index (χ4v) is 2.46. The molecular weight excluding hydrogens is 203 g/mol. The van der Waals surface area contributed by atoms with E-state index in [2.05, 4.69) is 23.7 Å². The number of methoxy groups -OCH3 is 1. The van der Waals surface area contributed by atoms with Crippen LogP contribution in [0.5, 0.6) is 0 Å². The minimum absolute atomic E-state index is 0.119. The van der Waals surface area contributed by atoms with Crippen molar-refractivity contribution in [2.45, 2.75) is 32.6 Å². The van der Waals surface area contributed by atoms with Crippen molar-refractivity contribution in [1.29, 1.82) is 0 Å². The summed E-state index contributed by atoms with van der Waals surface area (Å²) in [6, 6.07) is 0.438. The third-order valence-corrected chi connectivity index (χ3v) is 3.61. The molecule has 0 aliphatic carbocycles. The molecule has 4 nitrogen and oxygen atoms in total. The zero-order valence-corrected chi connectivity index (χ0v) is 10.3. The molecule has 0 aromatic heterocycles. The number of ether oxygens (including phenoxy) is 2. The van der Waals surface area contributed by atoms with Crippen LogP contribution in [-0.2, 0) is 9.47 Å². The van der Waals surface area contributed by atoms with Gasteiger partial charge < -0.3 is 14.7 Å². The van der Waals surface area contributed by atoms with Gasteiger partial charge >= 0.3 is 12.2 Å². The number of epoxide rings is 1. The third-order valence-electron chi connectivity index (χ3n) is 3.61. The number of nitrogens with one attached hydrogen (secondary N) is 1. The largest absolute Gasteiger partial charge is 0.411 e. The summed E-state index contributed by atoms with van der Waals surface area (Å²) in [5.41, 5.74) is 0. The summed E-state index contributed by atoms with van der Waals surface area (Å²) in [5.74, 6) is 2.39. The molecule has 0 bridgehead atoms. The molecule has 2 fully saturated rings. The lowest BCUT2D eigenvalue weighted by Gasteiger charge is -2.08. The van der Waals surface area contributed by atoms with E-state index in [0.717, 1.165) is 19.0 Å². The van der Waals surface area contributed by atoms with Crippen LogP contribution in [0.25, 0.3) is 0 Å². The first-order valence-electron chi connectivity index (χ1n) is 5.93. The Morgan fingerprint density at radius 3 is 2.88 bits per heavy atom. The molecule has 2 aliphatic heterocycles. The van der Waals surface area contributed by atoms with Gasteiger partial charge in [-0.25, -0.2) is 0 Å². The summed E-state index contributed by atoms with van der Waals surface area (Å²) < 4.78 is 12.9. The predicted octanol–water partition coefficient (Wildman–Crippen LogP) is 0.118. The van der Waals surface area contributed by atoms with Crippen LogP contribution in [0.1, 0.15) is 20.3 Å². The molecule has 0 amide bonds. The van der Waals surface area contributed by atoms with Crippen LogP contribution in [0, 0.1) is 11.8 Å². The third kappa shape index (κ3) is 2.25. The Morgan fingerprint density at radius 2 is 2.38 bits per heavy atom. The summed E-state index contributed by atoms with van der Waals surface area (Å²) in [6.45, 7) is 6.40. The Hall–Kier alpha value is -0.545. The van der Waals surface area contributed by atoms with Crippen molar-refractivity contribution in [2.75, 3.05) is 20.2 Å². The topological polar surface area (TPSA) is 36.8 Å². The van der Waals surface area contributed by atoms with Crippen molar-refractivity contribution < 1.29 is 14.0 Å². The minimum Gasteiger partial charge on any atom is -0.398 e. The lowest BCUT2D eigenvalue weighted by Crippen LogP contribution is -2.32.